The van der Waals surface area contributed by atoms with E-state index in [1.807, 2.05) is 12.1 Å². The van der Waals surface area contributed by atoms with E-state index >= 15 is 0 Å². The molecule has 118 valence electrons. The average Bonchev–Trinajstić information content (AvgIpc) is 2.54. The minimum atomic E-state index is -0.585. The molecule has 1 unspecified atom stereocenters. The summed E-state index contributed by atoms with van der Waals surface area (Å²) in [5, 5.41) is 10.5. The maximum atomic E-state index is 10.5. The number of hydrogen-bond acceptors (Lipinski definition) is 5. The summed E-state index contributed by atoms with van der Waals surface area (Å²) < 4.78 is 15.9. The molecule has 0 aliphatic carbocycles. The summed E-state index contributed by atoms with van der Waals surface area (Å²) in [4.78, 5) is 2.21. The van der Waals surface area contributed by atoms with Crippen LogP contribution in [0.5, 0.6) is 11.5 Å². The molecule has 1 fully saturated rings. The van der Waals surface area contributed by atoms with Gasteiger partial charge in [-0.05, 0) is 32.0 Å². The van der Waals surface area contributed by atoms with Crippen molar-refractivity contribution in [1.29, 1.82) is 0 Å². The van der Waals surface area contributed by atoms with Crippen LogP contribution >= 0.6 is 0 Å². The van der Waals surface area contributed by atoms with Crippen molar-refractivity contribution >= 4 is 0 Å². The summed E-state index contributed by atoms with van der Waals surface area (Å²) in [6.45, 7) is 2.18. The van der Waals surface area contributed by atoms with Crippen molar-refractivity contribution < 1.29 is 19.3 Å². The number of hydrogen-bond donors (Lipinski definition) is 1. The molecule has 1 aliphatic rings. The Kier molecular flexibility index (Phi) is 5.85. The van der Waals surface area contributed by atoms with Crippen molar-refractivity contribution in [3.8, 4) is 11.5 Å². The number of nitrogens with zero attached hydrogens (tertiary/aromatic N) is 1. The van der Waals surface area contributed by atoms with Gasteiger partial charge in [-0.2, -0.15) is 0 Å². The third-order valence-electron chi connectivity index (χ3n) is 4.07. The molecular weight excluding hydrogens is 270 g/mol. The summed E-state index contributed by atoms with van der Waals surface area (Å²) in [7, 11) is 5.27. The van der Waals surface area contributed by atoms with E-state index in [-0.39, 0.29) is 0 Å². The molecule has 1 aromatic rings. The van der Waals surface area contributed by atoms with Crippen molar-refractivity contribution in [3.05, 3.63) is 23.8 Å². The first-order valence-electron chi connectivity index (χ1n) is 7.33. The van der Waals surface area contributed by atoms with Gasteiger partial charge in [-0.15, -0.1) is 0 Å². The van der Waals surface area contributed by atoms with E-state index in [2.05, 4.69) is 11.9 Å². The summed E-state index contributed by atoms with van der Waals surface area (Å²) >= 11 is 0. The lowest BCUT2D eigenvalue weighted by Gasteiger charge is -2.32. The zero-order valence-electron chi connectivity index (χ0n) is 13.0. The molecule has 0 spiro atoms. The maximum absolute atomic E-state index is 10.5. The lowest BCUT2D eigenvalue weighted by atomic mass is 10.0. The molecule has 1 aromatic carbocycles. The Hall–Kier alpha value is -1.30. The third-order valence-corrected chi connectivity index (χ3v) is 4.07. The molecule has 1 N–H and O–H groups in total. The molecule has 1 aliphatic heterocycles. The highest BCUT2D eigenvalue weighted by atomic mass is 16.5. The first-order valence-corrected chi connectivity index (χ1v) is 7.33. The SMILES string of the molecule is COc1ccc(C(O)CN(C)C2CCOCC2)c(OC)c1. The van der Waals surface area contributed by atoms with Gasteiger partial charge in [0.15, 0.2) is 0 Å². The fourth-order valence-corrected chi connectivity index (χ4v) is 2.74. The molecule has 5 nitrogen and oxygen atoms in total. The van der Waals surface area contributed by atoms with Crippen LogP contribution in [0.2, 0.25) is 0 Å². The smallest absolute Gasteiger partial charge is 0.128 e. The van der Waals surface area contributed by atoms with Crippen LogP contribution in [0, 0.1) is 0 Å². The van der Waals surface area contributed by atoms with Crippen LogP contribution in [0.4, 0.5) is 0 Å². The highest BCUT2D eigenvalue weighted by Gasteiger charge is 2.22. The van der Waals surface area contributed by atoms with E-state index in [1.54, 1.807) is 20.3 Å². The lowest BCUT2D eigenvalue weighted by Crippen LogP contribution is -2.39. The normalized spacial score (nSPS) is 17.8. The fourth-order valence-electron chi connectivity index (χ4n) is 2.74. The zero-order valence-corrected chi connectivity index (χ0v) is 13.0. The molecule has 21 heavy (non-hydrogen) atoms. The molecule has 1 heterocycles. The minimum absolute atomic E-state index is 0.470. The van der Waals surface area contributed by atoms with Crippen molar-refractivity contribution in [2.45, 2.75) is 25.0 Å². The van der Waals surface area contributed by atoms with Crippen LogP contribution in [-0.2, 0) is 4.74 Å². The Bertz CT molecular complexity index is 446. The Morgan fingerprint density at radius 2 is 2.00 bits per heavy atom. The summed E-state index contributed by atoms with van der Waals surface area (Å²) in [5.41, 5.74) is 0.789. The molecular formula is C16H25NO4. The number of methoxy groups -OCH3 is 2. The quantitative estimate of drug-likeness (QED) is 0.868. The van der Waals surface area contributed by atoms with E-state index in [0.29, 0.717) is 18.3 Å². The first-order chi connectivity index (χ1) is 10.2. The highest BCUT2D eigenvalue weighted by Crippen LogP contribution is 2.30. The second kappa shape index (κ2) is 7.64. The highest BCUT2D eigenvalue weighted by molar-refractivity contribution is 5.42. The average molecular weight is 295 g/mol. The summed E-state index contributed by atoms with van der Waals surface area (Å²) in [6, 6.07) is 5.97. The first kappa shape index (κ1) is 16.1. The van der Waals surface area contributed by atoms with Gasteiger partial charge in [0.05, 0.1) is 20.3 Å². The number of likely N-dealkylation sites (N-methyl/N-ethyl adjacent to an activating group) is 1. The lowest BCUT2D eigenvalue weighted by molar-refractivity contribution is 0.0249. The molecule has 0 saturated carbocycles. The Morgan fingerprint density at radius 1 is 1.29 bits per heavy atom. The zero-order chi connectivity index (χ0) is 15.2. The van der Waals surface area contributed by atoms with Crippen LogP contribution in [0.15, 0.2) is 18.2 Å². The Labute approximate surface area is 126 Å². The maximum Gasteiger partial charge on any atom is 0.128 e. The van der Waals surface area contributed by atoms with Crippen LogP contribution < -0.4 is 9.47 Å². The van der Waals surface area contributed by atoms with Crippen molar-refractivity contribution in [2.24, 2.45) is 0 Å². The molecule has 1 atom stereocenters. The van der Waals surface area contributed by atoms with Crippen LogP contribution in [0.3, 0.4) is 0 Å². The van der Waals surface area contributed by atoms with Gasteiger partial charge in [-0.25, -0.2) is 0 Å². The Balaban J connectivity index is 2.03. The van der Waals surface area contributed by atoms with Gasteiger partial charge >= 0.3 is 0 Å². The van der Waals surface area contributed by atoms with Gasteiger partial charge in [-0.3, -0.25) is 0 Å². The van der Waals surface area contributed by atoms with E-state index in [9.17, 15) is 5.11 Å². The molecule has 0 amide bonds. The van der Waals surface area contributed by atoms with Crippen molar-refractivity contribution in [3.63, 3.8) is 0 Å². The molecule has 1 saturated heterocycles. The van der Waals surface area contributed by atoms with Gasteiger partial charge in [-0.1, -0.05) is 0 Å². The summed E-state index contributed by atoms with van der Waals surface area (Å²) in [5.74, 6) is 1.38. The van der Waals surface area contributed by atoms with Crippen LogP contribution in [0.25, 0.3) is 0 Å². The predicted octanol–water partition coefficient (Wildman–Crippen LogP) is 1.85. The van der Waals surface area contributed by atoms with Crippen LogP contribution in [-0.4, -0.2) is 57.1 Å². The number of benzene rings is 1. The molecule has 5 heteroatoms. The summed E-state index contributed by atoms with van der Waals surface area (Å²) in [6.07, 6.45) is 1.45. The van der Waals surface area contributed by atoms with Gasteiger partial charge in [0.1, 0.15) is 11.5 Å². The number of rotatable bonds is 6. The van der Waals surface area contributed by atoms with Gasteiger partial charge < -0.3 is 24.2 Å². The second-order valence-corrected chi connectivity index (χ2v) is 5.41. The van der Waals surface area contributed by atoms with Crippen LogP contribution in [0.1, 0.15) is 24.5 Å². The number of aliphatic hydroxyl groups excluding tert-OH is 1. The predicted molar refractivity (Wildman–Crippen MR) is 81.0 cm³/mol. The molecule has 0 bridgehead atoms. The molecule has 0 radical (unpaired) electrons. The molecule has 0 aromatic heterocycles. The topological polar surface area (TPSA) is 51.2 Å². The number of ether oxygens (including phenoxy) is 3. The standard InChI is InChI=1S/C16H25NO4/c1-17(12-6-8-21-9-7-12)11-15(18)14-5-4-13(19-2)10-16(14)20-3/h4-5,10,12,15,18H,6-9,11H2,1-3H3. The van der Waals surface area contributed by atoms with Gasteiger partial charge in [0, 0.05) is 37.4 Å². The van der Waals surface area contributed by atoms with E-state index in [1.165, 1.54) is 0 Å². The number of aliphatic hydroxyl groups is 1. The Morgan fingerprint density at radius 3 is 2.62 bits per heavy atom. The largest absolute Gasteiger partial charge is 0.497 e. The van der Waals surface area contributed by atoms with Gasteiger partial charge in [0.25, 0.3) is 0 Å². The second-order valence-electron chi connectivity index (χ2n) is 5.41. The van der Waals surface area contributed by atoms with E-state index in [4.69, 9.17) is 14.2 Å². The molecule has 2 rings (SSSR count). The van der Waals surface area contributed by atoms with E-state index in [0.717, 1.165) is 37.4 Å². The van der Waals surface area contributed by atoms with Crippen molar-refractivity contribution in [1.82, 2.24) is 4.90 Å². The van der Waals surface area contributed by atoms with E-state index < -0.39 is 6.10 Å². The monoisotopic (exact) mass is 295 g/mol. The van der Waals surface area contributed by atoms with Crippen molar-refractivity contribution in [2.75, 3.05) is 41.0 Å². The third kappa shape index (κ3) is 4.09. The van der Waals surface area contributed by atoms with Gasteiger partial charge in [0.2, 0.25) is 0 Å². The minimum Gasteiger partial charge on any atom is -0.497 e. The fraction of sp³-hybridized carbons (Fsp3) is 0.625.